The highest BCUT2D eigenvalue weighted by Gasteiger charge is 2.31. The molecule has 1 amide bonds. The van der Waals surface area contributed by atoms with E-state index in [2.05, 4.69) is 10.4 Å². The lowest BCUT2D eigenvalue weighted by Gasteiger charge is -2.13. The minimum Gasteiger partial charge on any atom is -0.496 e. The number of benzene rings is 2. The second-order valence-corrected chi connectivity index (χ2v) is 7.21. The van der Waals surface area contributed by atoms with Gasteiger partial charge in [-0.25, -0.2) is 0 Å². The minimum absolute atomic E-state index is 0.197. The van der Waals surface area contributed by atoms with Crippen LogP contribution >= 0.6 is 23.8 Å². The molecule has 0 spiro atoms. The van der Waals surface area contributed by atoms with Crippen molar-refractivity contribution in [3.8, 4) is 5.75 Å². The van der Waals surface area contributed by atoms with Gasteiger partial charge in [-0.1, -0.05) is 35.9 Å². The first kappa shape index (κ1) is 19.2. The molecule has 146 valence electrons. The normalized spacial score (nSPS) is 15.1. The molecule has 2 aromatic carbocycles. The first-order chi connectivity index (χ1) is 14.0. The van der Waals surface area contributed by atoms with Gasteiger partial charge in [0.15, 0.2) is 5.11 Å². The van der Waals surface area contributed by atoms with E-state index in [1.54, 1.807) is 30.3 Å². The average Bonchev–Trinajstić information content (AvgIpc) is 3.25. The molecule has 1 aliphatic rings. The van der Waals surface area contributed by atoms with Crippen LogP contribution in [0.15, 0.2) is 66.6 Å². The highest BCUT2D eigenvalue weighted by Crippen LogP contribution is 2.25. The second kappa shape index (κ2) is 8.06. The summed E-state index contributed by atoms with van der Waals surface area (Å²) in [5.74, 6) is 0.531. The number of nitrogens with zero attached hydrogens (tertiary/aromatic N) is 3. The summed E-state index contributed by atoms with van der Waals surface area (Å²) in [7, 11) is 1.62. The van der Waals surface area contributed by atoms with Crippen LogP contribution in [-0.4, -0.2) is 27.9 Å². The SMILES string of the molecule is COc1ccc(/C=C2/NC(=S)N(c3ccccc3)C2=O)cc1Cn1cc(Cl)cn1. The third-order valence-corrected chi connectivity index (χ3v) is 4.92. The number of carbonyl (C=O) groups excluding carboxylic acids is 1. The highest BCUT2D eigenvalue weighted by atomic mass is 35.5. The van der Waals surface area contributed by atoms with Crippen molar-refractivity contribution in [1.82, 2.24) is 15.1 Å². The molecular formula is C21H17ClN4O2S. The zero-order valence-electron chi connectivity index (χ0n) is 15.5. The molecule has 1 N–H and O–H groups in total. The molecule has 1 aromatic heterocycles. The fraction of sp³-hybridized carbons (Fsp3) is 0.0952. The fourth-order valence-electron chi connectivity index (χ4n) is 3.12. The smallest absolute Gasteiger partial charge is 0.281 e. The Morgan fingerprint density at radius 1 is 1.24 bits per heavy atom. The van der Waals surface area contributed by atoms with E-state index < -0.39 is 0 Å². The molecule has 8 heteroatoms. The number of nitrogens with one attached hydrogen (secondary N) is 1. The van der Waals surface area contributed by atoms with Gasteiger partial charge in [0.2, 0.25) is 0 Å². The number of hydrogen-bond donors (Lipinski definition) is 1. The summed E-state index contributed by atoms with van der Waals surface area (Å²) in [6.45, 7) is 0.489. The molecule has 0 radical (unpaired) electrons. The molecule has 1 saturated heterocycles. The number of aromatic nitrogens is 2. The van der Waals surface area contributed by atoms with Crippen LogP contribution < -0.4 is 15.0 Å². The lowest BCUT2D eigenvalue weighted by Crippen LogP contribution is -2.30. The van der Waals surface area contributed by atoms with Crippen molar-refractivity contribution in [3.63, 3.8) is 0 Å². The Kier molecular flexibility index (Phi) is 5.33. The number of carbonyl (C=O) groups is 1. The Bertz CT molecular complexity index is 1110. The van der Waals surface area contributed by atoms with E-state index in [0.29, 0.717) is 22.4 Å². The van der Waals surface area contributed by atoms with Crippen molar-refractivity contribution in [3.05, 3.63) is 82.8 Å². The van der Waals surface area contributed by atoms with Gasteiger partial charge >= 0.3 is 0 Å². The van der Waals surface area contributed by atoms with E-state index in [1.807, 2.05) is 48.5 Å². The first-order valence-electron chi connectivity index (χ1n) is 8.82. The zero-order valence-corrected chi connectivity index (χ0v) is 17.1. The van der Waals surface area contributed by atoms with E-state index in [-0.39, 0.29) is 5.91 Å². The maximum Gasteiger partial charge on any atom is 0.281 e. The predicted molar refractivity (Wildman–Crippen MR) is 117 cm³/mol. The van der Waals surface area contributed by atoms with Crippen molar-refractivity contribution < 1.29 is 9.53 Å². The van der Waals surface area contributed by atoms with Crippen LogP contribution in [0.4, 0.5) is 5.69 Å². The minimum atomic E-state index is -0.197. The quantitative estimate of drug-likeness (QED) is 0.498. The summed E-state index contributed by atoms with van der Waals surface area (Å²) in [6, 6.07) is 15.0. The van der Waals surface area contributed by atoms with Crippen LogP contribution in [0, 0.1) is 0 Å². The molecule has 6 nitrogen and oxygen atoms in total. The molecule has 29 heavy (non-hydrogen) atoms. The number of hydrogen-bond acceptors (Lipinski definition) is 4. The number of para-hydroxylation sites is 1. The number of ether oxygens (including phenoxy) is 1. The predicted octanol–water partition coefficient (Wildman–Crippen LogP) is 3.86. The Balaban J connectivity index is 1.63. The Morgan fingerprint density at radius 3 is 2.72 bits per heavy atom. The molecule has 0 bridgehead atoms. The lowest BCUT2D eigenvalue weighted by atomic mass is 10.1. The van der Waals surface area contributed by atoms with E-state index in [4.69, 9.17) is 28.6 Å². The van der Waals surface area contributed by atoms with Crippen LogP contribution in [-0.2, 0) is 11.3 Å². The van der Waals surface area contributed by atoms with E-state index >= 15 is 0 Å². The van der Waals surface area contributed by atoms with Gasteiger partial charge in [0.25, 0.3) is 5.91 Å². The van der Waals surface area contributed by atoms with Gasteiger partial charge < -0.3 is 10.1 Å². The molecule has 3 aromatic rings. The van der Waals surface area contributed by atoms with Gasteiger partial charge in [0.1, 0.15) is 11.4 Å². The highest BCUT2D eigenvalue weighted by molar-refractivity contribution is 7.80. The molecule has 0 atom stereocenters. The summed E-state index contributed by atoms with van der Waals surface area (Å²) in [4.78, 5) is 14.4. The summed E-state index contributed by atoms with van der Waals surface area (Å²) < 4.78 is 7.18. The molecule has 0 aliphatic carbocycles. The number of anilines is 1. The molecule has 1 fully saturated rings. The Morgan fingerprint density at radius 2 is 2.03 bits per heavy atom. The molecule has 4 rings (SSSR count). The molecular weight excluding hydrogens is 408 g/mol. The molecule has 0 unspecified atom stereocenters. The van der Waals surface area contributed by atoms with Gasteiger partial charge in [-0.05, 0) is 48.1 Å². The maximum atomic E-state index is 12.9. The van der Waals surface area contributed by atoms with Gasteiger partial charge in [0, 0.05) is 11.8 Å². The summed E-state index contributed by atoms with van der Waals surface area (Å²) in [6.07, 6.45) is 5.10. The van der Waals surface area contributed by atoms with Crippen LogP contribution in [0.5, 0.6) is 5.75 Å². The standard InChI is InChI=1S/C21H17ClN4O2S/c1-28-19-8-7-14(9-15(19)12-25-13-16(22)11-23-25)10-18-20(27)26(21(29)24-18)17-5-3-2-4-6-17/h2-11,13H,12H2,1H3,(H,24,29)/b18-10+. The zero-order chi connectivity index (χ0) is 20.4. The van der Waals surface area contributed by atoms with Crippen molar-refractivity contribution >= 4 is 46.6 Å². The Hall–Kier alpha value is -3.16. The Labute approximate surface area is 178 Å². The molecule has 2 heterocycles. The van der Waals surface area contributed by atoms with Crippen molar-refractivity contribution in [2.45, 2.75) is 6.54 Å². The van der Waals surface area contributed by atoms with Crippen LogP contribution in [0.3, 0.4) is 0 Å². The van der Waals surface area contributed by atoms with Crippen molar-refractivity contribution in [2.24, 2.45) is 0 Å². The first-order valence-corrected chi connectivity index (χ1v) is 9.61. The average molecular weight is 425 g/mol. The summed E-state index contributed by atoms with van der Waals surface area (Å²) in [5.41, 5.74) is 2.89. The molecule has 1 aliphatic heterocycles. The van der Waals surface area contributed by atoms with Gasteiger partial charge in [-0.2, -0.15) is 5.10 Å². The maximum absolute atomic E-state index is 12.9. The summed E-state index contributed by atoms with van der Waals surface area (Å²) in [5, 5.41) is 8.13. The largest absolute Gasteiger partial charge is 0.496 e. The number of rotatable bonds is 5. The number of methoxy groups -OCH3 is 1. The third-order valence-electron chi connectivity index (χ3n) is 4.44. The van der Waals surface area contributed by atoms with Crippen molar-refractivity contribution in [1.29, 1.82) is 0 Å². The second-order valence-electron chi connectivity index (χ2n) is 6.39. The number of halogens is 1. The fourth-order valence-corrected chi connectivity index (χ4v) is 3.58. The molecule has 0 saturated carbocycles. The van der Waals surface area contributed by atoms with Gasteiger partial charge in [0.05, 0.1) is 30.6 Å². The van der Waals surface area contributed by atoms with Crippen LogP contribution in [0.2, 0.25) is 5.02 Å². The van der Waals surface area contributed by atoms with Gasteiger partial charge in [-0.3, -0.25) is 14.4 Å². The van der Waals surface area contributed by atoms with Gasteiger partial charge in [-0.15, -0.1) is 0 Å². The summed E-state index contributed by atoms with van der Waals surface area (Å²) >= 11 is 11.3. The van der Waals surface area contributed by atoms with E-state index in [9.17, 15) is 4.79 Å². The van der Waals surface area contributed by atoms with Crippen LogP contribution in [0.1, 0.15) is 11.1 Å². The van der Waals surface area contributed by atoms with E-state index in [1.165, 1.54) is 4.90 Å². The lowest BCUT2D eigenvalue weighted by molar-refractivity contribution is -0.113. The van der Waals surface area contributed by atoms with Crippen molar-refractivity contribution in [2.75, 3.05) is 12.0 Å². The van der Waals surface area contributed by atoms with E-state index in [0.717, 1.165) is 22.6 Å². The monoisotopic (exact) mass is 424 g/mol. The number of amides is 1. The number of thiocarbonyl (C=S) groups is 1. The third kappa shape index (κ3) is 4.01. The van der Waals surface area contributed by atoms with Crippen LogP contribution in [0.25, 0.3) is 6.08 Å². The topological polar surface area (TPSA) is 59.4 Å².